The summed E-state index contributed by atoms with van der Waals surface area (Å²) in [4.78, 5) is 21.8. The van der Waals surface area contributed by atoms with Crippen molar-refractivity contribution in [1.29, 1.82) is 0 Å². The van der Waals surface area contributed by atoms with Crippen LogP contribution in [0.4, 0.5) is 5.69 Å². The van der Waals surface area contributed by atoms with Crippen LogP contribution in [-0.2, 0) is 13.3 Å². The van der Waals surface area contributed by atoms with Crippen molar-refractivity contribution in [1.82, 2.24) is 0 Å². The van der Waals surface area contributed by atoms with Crippen molar-refractivity contribution < 1.29 is 21.5 Å². The summed E-state index contributed by atoms with van der Waals surface area (Å²) >= 11 is -4.93. The molecule has 0 saturated heterocycles. The summed E-state index contributed by atoms with van der Waals surface area (Å²) in [6.07, 6.45) is 0. The fourth-order valence-corrected chi connectivity index (χ4v) is 2.33. The number of carbonyl (C=O) groups excluding carboxylic acids is 2. The van der Waals surface area contributed by atoms with E-state index in [9.17, 15) is 13.3 Å². The van der Waals surface area contributed by atoms with Crippen LogP contribution in [0.3, 0.4) is 0 Å². The van der Waals surface area contributed by atoms with Crippen LogP contribution in [0, 0.1) is 0 Å². The molecule has 0 fully saturated rings. The molecule has 9 heteroatoms. The molecule has 0 aliphatic heterocycles. The van der Waals surface area contributed by atoms with Gasteiger partial charge in [0, 0.05) is 0 Å². The number of primary amides is 2. The van der Waals surface area contributed by atoms with Crippen LogP contribution >= 0.6 is 0 Å². The molecule has 1 aromatic carbocycles. The number of hydrogen-bond acceptors (Lipinski definition) is 4. The summed E-state index contributed by atoms with van der Waals surface area (Å²) in [5.74, 6) is -1.88. The molecular weight excluding hydrogens is 305 g/mol. The van der Waals surface area contributed by atoms with E-state index in [1.807, 2.05) is 0 Å². The molecule has 1 rings (SSSR count). The van der Waals surface area contributed by atoms with E-state index in [1.165, 1.54) is 24.3 Å². The number of amides is 2. The maximum absolute atomic E-state index is 11.0. The molecule has 7 N–H and O–H groups in total. The van der Waals surface area contributed by atoms with Crippen LogP contribution in [0.25, 0.3) is 0 Å². The Morgan fingerprint density at radius 1 is 1.11 bits per heavy atom. The van der Waals surface area contributed by atoms with Gasteiger partial charge >= 0.3 is 105 Å². The fraction of sp³-hybridized carbons (Fsp3) is 0.111. The molecule has 0 saturated carbocycles. The van der Waals surface area contributed by atoms with E-state index in [0.29, 0.717) is 5.69 Å². The van der Waals surface area contributed by atoms with Gasteiger partial charge in [-0.2, -0.15) is 0 Å². The molecule has 8 nitrogen and oxygen atoms in total. The molecule has 0 unspecified atom stereocenters. The van der Waals surface area contributed by atoms with Crippen LogP contribution in [0.2, 0.25) is 0 Å². The van der Waals surface area contributed by atoms with E-state index in [1.54, 1.807) is 0 Å². The van der Waals surface area contributed by atoms with Gasteiger partial charge in [-0.05, 0) is 0 Å². The number of anilines is 1. The van der Waals surface area contributed by atoms with Gasteiger partial charge in [-0.1, -0.05) is 0 Å². The van der Waals surface area contributed by atoms with E-state index < -0.39 is 32.0 Å². The summed E-state index contributed by atoms with van der Waals surface area (Å²) in [5, 5.41) is 2.46. The molecule has 98 valence electrons. The SMILES string of the molecule is NC(=O)C(Nc1ccc([As](=O)(O)O)cc1)C(N)=O. The number of rotatable bonds is 5. The molecule has 0 aliphatic carbocycles. The van der Waals surface area contributed by atoms with E-state index in [2.05, 4.69) is 5.32 Å². The van der Waals surface area contributed by atoms with Crippen molar-refractivity contribution >= 4 is 36.0 Å². The van der Waals surface area contributed by atoms with Crippen LogP contribution in [0.1, 0.15) is 0 Å². The van der Waals surface area contributed by atoms with Crippen molar-refractivity contribution in [3.05, 3.63) is 24.3 Å². The molecule has 0 radical (unpaired) electrons. The van der Waals surface area contributed by atoms with E-state index >= 15 is 0 Å². The van der Waals surface area contributed by atoms with E-state index in [-0.39, 0.29) is 4.35 Å². The van der Waals surface area contributed by atoms with Crippen LogP contribution < -0.4 is 21.1 Å². The normalized spacial score (nSPS) is 11.3. The standard InChI is InChI=1S/C9H12AsN3O5/c11-8(14)7(9(12)15)13-6-3-1-5(2-4-6)10(16,17)18/h1-4,7,13H,(H2,11,14)(H2,12,15)(H2,16,17,18). The Labute approximate surface area is 105 Å². The van der Waals surface area contributed by atoms with Gasteiger partial charge in [0.1, 0.15) is 0 Å². The van der Waals surface area contributed by atoms with Gasteiger partial charge in [-0.25, -0.2) is 0 Å². The molecule has 2 amide bonds. The third kappa shape index (κ3) is 3.62. The van der Waals surface area contributed by atoms with E-state index in [4.69, 9.17) is 19.7 Å². The van der Waals surface area contributed by atoms with Gasteiger partial charge < -0.3 is 0 Å². The zero-order valence-electron chi connectivity index (χ0n) is 9.11. The topological polar surface area (TPSA) is 156 Å². The van der Waals surface area contributed by atoms with Crippen LogP contribution in [0.15, 0.2) is 24.3 Å². The number of hydrogen-bond donors (Lipinski definition) is 5. The fourth-order valence-electron chi connectivity index (χ4n) is 1.20. The molecular formula is C9H12AsN3O5. The van der Waals surface area contributed by atoms with Crippen molar-refractivity contribution in [2.75, 3.05) is 5.32 Å². The molecule has 0 aromatic heterocycles. The van der Waals surface area contributed by atoms with Gasteiger partial charge in [0.2, 0.25) is 0 Å². The Balaban J connectivity index is 2.90. The van der Waals surface area contributed by atoms with Gasteiger partial charge in [0.05, 0.1) is 0 Å². The van der Waals surface area contributed by atoms with Crippen molar-refractivity contribution in [3.8, 4) is 0 Å². The predicted molar refractivity (Wildman–Crippen MR) is 62.8 cm³/mol. The molecule has 18 heavy (non-hydrogen) atoms. The summed E-state index contributed by atoms with van der Waals surface area (Å²) in [6.45, 7) is 0. The van der Waals surface area contributed by atoms with Crippen LogP contribution in [0.5, 0.6) is 0 Å². The Bertz CT molecular complexity index is 495. The van der Waals surface area contributed by atoms with Gasteiger partial charge in [0.15, 0.2) is 0 Å². The first-order valence-electron chi connectivity index (χ1n) is 4.73. The van der Waals surface area contributed by atoms with Gasteiger partial charge in [-0.15, -0.1) is 0 Å². The second kappa shape index (κ2) is 5.26. The summed E-state index contributed by atoms with van der Waals surface area (Å²) in [6, 6.07) is 3.64. The summed E-state index contributed by atoms with van der Waals surface area (Å²) < 4.78 is 28.7. The predicted octanol–water partition coefficient (Wildman–Crippen LogP) is -3.00. The third-order valence-corrected chi connectivity index (χ3v) is 4.12. The van der Waals surface area contributed by atoms with E-state index in [0.717, 1.165) is 0 Å². The molecule has 0 spiro atoms. The Morgan fingerprint density at radius 3 is 1.89 bits per heavy atom. The molecule has 1 aromatic rings. The first-order chi connectivity index (χ1) is 8.21. The summed E-state index contributed by atoms with van der Waals surface area (Å²) in [7, 11) is 0. The number of nitrogens with two attached hydrogens (primary N) is 2. The Kier molecular flexibility index (Phi) is 4.18. The zero-order valence-corrected chi connectivity index (χ0v) is 11.0. The number of benzene rings is 1. The number of nitrogens with one attached hydrogen (secondary N) is 1. The molecule has 0 heterocycles. The monoisotopic (exact) mass is 317 g/mol. The summed E-state index contributed by atoms with van der Waals surface area (Å²) in [5.41, 5.74) is 10.2. The second-order valence-electron chi connectivity index (χ2n) is 3.47. The van der Waals surface area contributed by atoms with Crippen LogP contribution in [-0.4, -0.2) is 40.2 Å². The molecule has 0 aliphatic rings. The quantitative estimate of drug-likeness (QED) is 0.288. The minimum atomic E-state index is -4.93. The van der Waals surface area contributed by atoms with Gasteiger partial charge in [0.25, 0.3) is 0 Å². The zero-order chi connectivity index (χ0) is 13.9. The Hall–Kier alpha value is -1.76. The first kappa shape index (κ1) is 14.3. The van der Waals surface area contributed by atoms with Crippen molar-refractivity contribution in [2.45, 2.75) is 6.04 Å². The van der Waals surface area contributed by atoms with Gasteiger partial charge in [-0.3, -0.25) is 0 Å². The minimum absolute atomic E-state index is 0.117. The Morgan fingerprint density at radius 2 is 1.56 bits per heavy atom. The average molecular weight is 317 g/mol. The molecule has 0 bridgehead atoms. The van der Waals surface area contributed by atoms with Crippen molar-refractivity contribution in [2.24, 2.45) is 11.5 Å². The second-order valence-corrected chi connectivity index (χ2v) is 6.84. The molecule has 0 atom stereocenters. The maximum atomic E-state index is 11.0. The first-order valence-corrected chi connectivity index (χ1v) is 8.11. The average Bonchev–Trinajstić information content (AvgIpc) is 2.24. The third-order valence-electron chi connectivity index (χ3n) is 2.08. The van der Waals surface area contributed by atoms with Crippen molar-refractivity contribution in [3.63, 3.8) is 0 Å². The number of carbonyl (C=O) groups is 2.